The van der Waals surface area contributed by atoms with Crippen LogP contribution in [0, 0.1) is 0 Å². The van der Waals surface area contributed by atoms with E-state index in [1.807, 2.05) is 32.0 Å². The Morgan fingerprint density at radius 1 is 1.25 bits per heavy atom. The lowest BCUT2D eigenvalue weighted by Crippen LogP contribution is -2.30. The fourth-order valence-electron chi connectivity index (χ4n) is 1.26. The molecule has 0 aliphatic heterocycles. The van der Waals surface area contributed by atoms with Gasteiger partial charge < -0.3 is 9.47 Å². The average molecular weight is 334 g/mol. The molecule has 1 atom stereocenters. The second-order valence-corrected chi connectivity index (χ2v) is 5.21. The Balaban J connectivity index is 2.57. The number of hydrogen-bond donors (Lipinski definition) is 0. The van der Waals surface area contributed by atoms with Gasteiger partial charge in [-0.15, -0.1) is 0 Å². The van der Waals surface area contributed by atoms with Crippen molar-refractivity contribution in [1.29, 1.82) is 0 Å². The van der Waals surface area contributed by atoms with Crippen LogP contribution in [0.1, 0.15) is 25.5 Å². The van der Waals surface area contributed by atoms with Crippen molar-refractivity contribution in [3.8, 4) is 0 Å². The molecule has 0 saturated carbocycles. The number of rotatable bonds is 6. The summed E-state index contributed by atoms with van der Waals surface area (Å²) in [6.45, 7) is 4.66. The quantitative estimate of drug-likeness (QED) is 0.585. The molecule has 0 fully saturated rings. The molecule has 0 spiro atoms. The summed E-state index contributed by atoms with van der Waals surface area (Å²) in [5, 5.41) is 0. The van der Waals surface area contributed by atoms with Gasteiger partial charge in [-0.1, -0.05) is 52.9 Å². The van der Waals surface area contributed by atoms with Crippen LogP contribution in [-0.2, 0) is 9.47 Å². The van der Waals surface area contributed by atoms with E-state index in [2.05, 4.69) is 34.7 Å². The van der Waals surface area contributed by atoms with Crippen molar-refractivity contribution in [3.63, 3.8) is 0 Å². The molecule has 1 aromatic carbocycles. The fourth-order valence-corrected chi connectivity index (χ4v) is 2.02. The molecule has 2 nitrogen and oxygen atoms in total. The summed E-state index contributed by atoms with van der Waals surface area (Å²) in [4.78, 5) is 0. The predicted octanol–water partition coefficient (Wildman–Crippen LogP) is 3.60. The first kappa shape index (κ1) is 13.9. The average Bonchev–Trinajstić information content (AvgIpc) is 2.31. The number of halogens is 1. The zero-order chi connectivity index (χ0) is 12.0. The number of alkyl halides is 1. The zero-order valence-electron chi connectivity index (χ0n) is 10.1. The van der Waals surface area contributed by atoms with Gasteiger partial charge in [0.05, 0.1) is 18.3 Å². The molecule has 16 heavy (non-hydrogen) atoms. The summed E-state index contributed by atoms with van der Waals surface area (Å²) < 4.78 is 12.2. The third-order valence-corrected chi connectivity index (χ3v) is 3.30. The molecule has 1 aromatic rings. The molecule has 0 bridgehead atoms. The highest BCUT2D eigenvalue weighted by Gasteiger charge is 2.20. The van der Waals surface area contributed by atoms with Crippen LogP contribution in [0.25, 0.3) is 0 Å². The number of benzene rings is 1. The van der Waals surface area contributed by atoms with Gasteiger partial charge in [0.2, 0.25) is 0 Å². The van der Waals surface area contributed by atoms with Crippen LogP contribution in [0.3, 0.4) is 0 Å². The second-order valence-electron chi connectivity index (χ2n) is 4.33. The standard InChI is InChI=1S/C13H19IO2/c1-13(2,15-3)10-16-12(9-14)11-7-5-4-6-8-11/h4-8,12H,9-10H2,1-3H3. The molecule has 0 heterocycles. The van der Waals surface area contributed by atoms with Crippen molar-refractivity contribution in [3.05, 3.63) is 35.9 Å². The fraction of sp³-hybridized carbons (Fsp3) is 0.538. The van der Waals surface area contributed by atoms with E-state index >= 15 is 0 Å². The number of ether oxygens (including phenoxy) is 2. The first-order valence-electron chi connectivity index (χ1n) is 5.37. The molecule has 3 heteroatoms. The highest BCUT2D eigenvalue weighted by molar-refractivity contribution is 14.1. The minimum Gasteiger partial charge on any atom is -0.376 e. The van der Waals surface area contributed by atoms with E-state index in [4.69, 9.17) is 9.47 Å². The van der Waals surface area contributed by atoms with Crippen LogP contribution in [0.2, 0.25) is 0 Å². The molecule has 1 unspecified atom stereocenters. The highest BCUT2D eigenvalue weighted by Crippen LogP contribution is 2.22. The van der Waals surface area contributed by atoms with E-state index in [0.29, 0.717) is 6.61 Å². The highest BCUT2D eigenvalue weighted by atomic mass is 127. The summed E-state index contributed by atoms with van der Waals surface area (Å²) in [5.74, 6) is 0. The summed E-state index contributed by atoms with van der Waals surface area (Å²) in [6.07, 6.45) is 0.149. The summed E-state index contributed by atoms with van der Waals surface area (Å²) in [5.41, 5.74) is 1.00. The number of hydrogen-bond acceptors (Lipinski definition) is 2. The van der Waals surface area contributed by atoms with Gasteiger partial charge in [0.15, 0.2) is 0 Å². The lowest BCUT2D eigenvalue weighted by Gasteiger charge is -2.26. The molecular formula is C13H19IO2. The SMILES string of the molecule is COC(C)(C)COC(CI)c1ccccc1. The van der Waals surface area contributed by atoms with Gasteiger partial charge in [-0.3, -0.25) is 0 Å². The molecule has 0 radical (unpaired) electrons. The molecule has 90 valence electrons. The zero-order valence-corrected chi connectivity index (χ0v) is 12.2. The first-order chi connectivity index (χ1) is 7.59. The maximum Gasteiger partial charge on any atom is 0.0915 e. The Hall–Kier alpha value is -0.130. The van der Waals surface area contributed by atoms with Gasteiger partial charge >= 0.3 is 0 Å². The molecule has 0 aliphatic carbocycles. The molecule has 0 saturated heterocycles. The van der Waals surface area contributed by atoms with Gasteiger partial charge in [-0.05, 0) is 19.4 Å². The predicted molar refractivity (Wildman–Crippen MR) is 75.1 cm³/mol. The smallest absolute Gasteiger partial charge is 0.0915 e. The molecule has 1 rings (SSSR count). The first-order valence-corrected chi connectivity index (χ1v) is 6.89. The van der Waals surface area contributed by atoms with Gasteiger partial charge in [0.25, 0.3) is 0 Å². The van der Waals surface area contributed by atoms with E-state index in [-0.39, 0.29) is 11.7 Å². The van der Waals surface area contributed by atoms with E-state index in [1.165, 1.54) is 5.56 Å². The minimum atomic E-state index is -0.223. The number of methoxy groups -OCH3 is 1. The Morgan fingerprint density at radius 3 is 2.38 bits per heavy atom. The summed E-state index contributed by atoms with van der Waals surface area (Å²) in [7, 11) is 1.71. The Kier molecular flexibility index (Phi) is 5.72. The molecule has 0 aliphatic rings. The van der Waals surface area contributed by atoms with Gasteiger partial charge in [0.1, 0.15) is 0 Å². The third-order valence-electron chi connectivity index (χ3n) is 2.50. The minimum absolute atomic E-state index is 0.149. The van der Waals surface area contributed by atoms with E-state index < -0.39 is 0 Å². The van der Waals surface area contributed by atoms with Crippen LogP contribution < -0.4 is 0 Å². The van der Waals surface area contributed by atoms with Gasteiger partial charge in [-0.25, -0.2) is 0 Å². The van der Waals surface area contributed by atoms with Crippen LogP contribution in [0.5, 0.6) is 0 Å². The van der Waals surface area contributed by atoms with Crippen molar-refractivity contribution in [2.45, 2.75) is 25.6 Å². The largest absolute Gasteiger partial charge is 0.376 e. The lowest BCUT2D eigenvalue weighted by molar-refractivity contribution is -0.0702. The molecular weight excluding hydrogens is 315 g/mol. The van der Waals surface area contributed by atoms with Gasteiger partial charge in [0, 0.05) is 11.5 Å². The topological polar surface area (TPSA) is 18.5 Å². The van der Waals surface area contributed by atoms with Crippen LogP contribution in [0.4, 0.5) is 0 Å². The Bertz CT molecular complexity index is 298. The monoisotopic (exact) mass is 334 g/mol. The maximum absolute atomic E-state index is 5.90. The molecule has 0 N–H and O–H groups in total. The Morgan fingerprint density at radius 2 is 1.88 bits per heavy atom. The van der Waals surface area contributed by atoms with Crippen molar-refractivity contribution in [1.82, 2.24) is 0 Å². The lowest BCUT2D eigenvalue weighted by atomic mass is 10.1. The van der Waals surface area contributed by atoms with E-state index in [1.54, 1.807) is 7.11 Å². The van der Waals surface area contributed by atoms with Crippen molar-refractivity contribution >= 4 is 22.6 Å². The van der Waals surface area contributed by atoms with Gasteiger partial charge in [-0.2, -0.15) is 0 Å². The van der Waals surface area contributed by atoms with E-state index in [9.17, 15) is 0 Å². The molecule has 0 aromatic heterocycles. The van der Waals surface area contributed by atoms with Crippen molar-refractivity contribution in [2.75, 3.05) is 18.1 Å². The normalized spacial score (nSPS) is 13.8. The van der Waals surface area contributed by atoms with Crippen LogP contribution in [-0.4, -0.2) is 23.7 Å². The van der Waals surface area contributed by atoms with E-state index in [0.717, 1.165) is 4.43 Å². The van der Waals surface area contributed by atoms with Crippen molar-refractivity contribution in [2.24, 2.45) is 0 Å². The van der Waals surface area contributed by atoms with Crippen LogP contribution >= 0.6 is 22.6 Å². The second kappa shape index (κ2) is 6.57. The maximum atomic E-state index is 5.90. The third kappa shape index (κ3) is 4.39. The Labute approximate surface area is 111 Å². The van der Waals surface area contributed by atoms with Crippen LogP contribution in [0.15, 0.2) is 30.3 Å². The summed E-state index contributed by atoms with van der Waals surface area (Å²) in [6, 6.07) is 10.3. The summed E-state index contributed by atoms with van der Waals surface area (Å²) >= 11 is 2.35. The van der Waals surface area contributed by atoms with Crippen molar-refractivity contribution < 1.29 is 9.47 Å². The molecule has 0 amide bonds.